The van der Waals surface area contributed by atoms with Crippen molar-refractivity contribution in [2.45, 2.75) is 31.7 Å². The molecule has 0 radical (unpaired) electrons. The second kappa shape index (κ2) is 8.57. The Morgan fingerprint density at radius 2 is 1.88 bits per heavy atom. The number of nitrogens with zero attached hydrogens (tertiary/aromatic N) is 3. The zero-order valence-corrected chi connectivity index (χ0v) is 18.4. The van der Waals surface area contributed by atoms with Crippen LogP contribution in [0.15, 0.2) is 23.0 Å². The Hall–Kier alpha value is -2.89. The summed E-state index contributed by atoms with van der Waals surface area (Å²) in [5, 5.41) is 5.77. The van der Waals surface area contributed by atoms with Crippen molar-refractivity contribution in [2.24, 2.45) is 18.9 Å². The van der Waals surface area contributed by atoms with Gasteiger partial charge in [-0.2, -0.15) is 0 Å². The molecule has 168 valence electrons. The zero-order chi connectivity index (χ0) is 22.2. The van der Waals surface area contributed by atoms with Crippen LogP contribution in [0.1, 0.15) is 37.3 Å². The molecule has 0 spiro atoms. The molecule has 1 atom stereocenters. The van der Waals surface area contributed by atoms with Crippen molar-refractivity contribution in [3.05, 3.63) is 34.2 Å². The normalized spacial score (nSPS) is 23.0. The molecule has 8 nitrogen and oxygen atoms in total. The number of hydrogen-bond donors (Lipinski definition) is 2. The lowest BCUT2D eigenvalue weighted by molar-refractivity contribution is -0.135. The molecule has 8 heteroatoms. The van der Waals surface area contributed by atoms with Crippen LogP contribution in [-0.4, -0.2) is 58.6 Å². The van der Waals surface area contributed by atoms with Crippen molar-refractivity contribution in [2.75, 3.05) is 32.7 Å². The van der Waals surface area contributed by atoms with Gasteiger partial charge < -0.3 is 10.2 Å². The average molecular weight is 436 g/mol. The SMILES string of the molecule is Cn1c(=O)n(C2CCC(=O)NC2=O)c2cccc(C#CC3CN(CC4CCNCC4)C3)c21. The number of carbonyl (C=O) groups excluding carboxylic acids is 2. The van der Waals surface area contributed by atoms with Crippen LogP contribution in [0.5, 0.6) is 0 Å². The maximum absolute atomic E-state index is 13.0. The molecule has 1 aromatic heterocycles. The second-order valence-electron chi connectivity index (χ2n) is 9.23. The molecule has 4 heterocycles. The Morgan fingerprint density at radius 3 is 2.62 bits per heavy atom. The molecule has 2 N–H and O–H groups in total. The number of aromatic nitrogens is 2. The van der Waals surface area contributed by atoms with E-state index in [1.807, 2.05) is 18.2 Å². The highest BCUT2D eigenvalue weighted by molar-refractivity contribution is 6.00. The molecule has 2 amide bonds. The Balaban J connectivity index is 1.35. The number of nitrogens with one attached hydrogen (secondary N) is 2. The minimum absolute atomic E-state index is 0.230. The Morgan fingerprint density at radius 1 is 1.09 bits per heavy atom. The molecule has 5 rings (SSSR count). The summed E-state index contributed by atoms with van der Waals surface area (Å²) in [7, 11) is 1.71. The number of benzene rings is 1. The van der Waals surface area contributed by atoms with Gasteiger partial charge in [-0.25, -0.2) is 4.79 Å². The average Bonchev–Trinajstić information content (AvgIpc) is 3.01. The number of aryl methyl sites for hydroxylation is 1. The van der Waals surface area contributed by atoms with Gasteiger partial charge in [0.1, 0.15) is 6.04 Å². The lowest BCUT2D eigenvalue weighted by Crippen LogP contribution is -2.49. The maximum atomic E-state index is 13.0. The molecule has 0 aliphatic carbocycles. The minimum atomic E-state index is -0.678. The number of para-hydroxylation sites is 1. The maximum Gasteiger partial charge on any atom is 0.329 e. The molecule has 3 aliphatic rings. The van der Waals surface area contributed by atoms with E-state index in [1.165, 1.54) is 24.0 Å². The summed E-state index contributed by atoms with van der Waals surface area (Å²) in [6.07, 6.45) is 3.07. The molecule has 3 saturated heterocycles. The molecular formula is C24H29N5O3. The lowest BCUT2D eigenvalue weighted by Gasteiger charge is -2.39. The Bertz CT molecular complexity index is 1170. The van der Waals surface area contributed by atoms with E-state index >= 15 is 0 Å². The van der Waals surface area contributed by atoms with Gasteiger partial charge in [0.15, 0.2) is 0 Å². The summed E-state index contributed by atoms with van der Waals surface area (Å²) in [5.41, 5.74) is 1.95. The summed E-state index contributed by atoms with van der Waals surface area (Å²) in [5.74, 6) is 7.12. The summed E-state index contributed by atoms with van der Waals surface area (Å²) in [4.78, 5) is 39.4. The largest absolute Gasteiger partial charge is 0.329 e. The van der Waals surface area contributed by atoms with Crippen LogP contribution < -0.4 is 16.3 Å². The fourth-order valence-electron chi connectivity index (χ4n) is 5.19. The van der Waals surface area contributed by atoms with Crippen molar-refractivity contribution in [3.8, 4) is 11.8 Å². The summed E-state index contributed by atoms with van der Waals surface area (Å²) in [6.45, 7) is 5.43. The number of rotatable bonds is 3. The first-order chi connectivity index (χ1) is 15.5. The molecule has 1 aromatic carbocycles. The highest BCUT2D eigenvalue weighted by Crippen LogP contribution is 2.25. The van der Waals surface area contributed by atoms with Crippen LogP contribution in [0.3, 0.4) is 0 Å². The third kappa shape index (κ3) is 3.87. The van der Waals surface area contributed by atoms with Gasteiger partial charge in [-0.3, -0.25) is 24.0 Å². The van der Waals surface area contributed by atoms with Crippen molar-refractivity contribution in [1.82, 2.24) is 24.7 Å². The predicted molar refractivity (Wildman–Crippen MR) is 121 cm³/mol. The number of hydrogen-bond acceptors (Lipinski definition) is 5. The first-order valence-electron chi connectivity index (χ1n) is 11.5. The number of imide groups is 1. The van der Waals surface area contributed by atoms with E-state index in [2.05, 4.69) is 27.4 Å². The van der Waals surface area contributed by atoms with Gasteiger partial charge in [0.25, 0.3) is 0 Å². The van der Waals surface area contributed by atoms with Crippen molar-refractivity contribution < 1.29 is 9.59 Å². The second-order valence-corrected chi connectivity index (χ2v) is 9.23. The van der Waals surface area contributed by atoms with Gasteiger partial charge in [0, 0.05) is 39.0 Å². The first kappa shape index (κ1) is 21.0. The molecule has 3 aliphatic heterocycles. The standard InChI is InChI=1S/C24H29N5O3/c1-27-22-18(6-5-17-14-28(15-17)13-16-9-11-25-12-10-16)3-2-4-19(22)29(24(27)32)20-7-8-21(30)26-23(20)31/h2-4,16-17,20,25H,7-15H2,1H3,(H,26,30,31). The lowest BCUT2D eigenvalue weighted by atomic mass is 9.93. The Kier molecular flexibility index (Phi) is 5.62. The van der Waals surface area contributed by atoms with Gasteiger partial charge in [-0.15, -0.1) is 0 Å². The van der Waals surface area contributed by atoms with Crippen LogP contribution in [0.25, 0.3) is 11.0 Å². The predicted octanol–water partition coefficient (Wildman–Crippen LogP) is 0.601. The molecular weight excluding hydrogens is 406 g/mol. The van der Waals surface area contributed by atoms with Crippen LogP contribution in [0.2, 0.25) is 0 Å². The van der Waals surface area contributed by atoms with E-state index in [1.54, 1.807) is 11.6 Å². The summed E-state index contributed by atoms with van der Waals surface area (Å²) >= 11 is 0. The van der Waals surface area contributed by atoms with Crippen LogP contribution in [0, 0.1) is 23.7 Å². The van der Waals surface area contributed by atoms with Gasteiger partial charge in [-0.05, 0) is 50.4 Å². The summed E-state index contributed by atoms with van der Waals surface area (Å²) < 4.78 is 3.07. The smallest absolute Gasteiger partial charge is 0.317 e. The number of imidazole rings is 1. The highest BCUT2D eigenvalue weighted by Gasteiger charge is 2.32. The van der Waals surface area contributed by atoms with E-state index in [-0.39, 0.29) is 18.0 Å². The van der Waals surface area contributed by atoms with Crippen LogP contribution in [0.4, 0.5) is 0 Å². The topological polar surface area (TPSA) is 88.4 Å². The fraction of sp³-hybridized carbons (Fsp3) is 0.542. The van der Waals surface area contributed by atoms with Crippen molar-refractivity contribution in [3.63, 3.8) is 0 Å². The van der Waals surface area contributed by atoms with Gasteiger partial charge in [-0.1, -0.05) is 17.9 Å². The number of fused-ring (bicyclic) bond motifs is 1. The third-order valence-electron chi connectivity index (χ3n) is 6.97. The van der Waals surface area contributed by atoms with E-state index in [0.29, 0.717) is 17.9 Å². The van der Waals surface area contributed by atoms with Crippen LogP contribution in [-0.2, 0) is 16.6 Å². The fourth-order valence-corrected chi connectivity index (χ4v) is 5.19. The Labute approximate surface area is 186 Å². The van der Waals surface area contributed by atoms with Gasteiger partial charge in [0.2, 0.25) is 11.8 Å². The van der Waals surface area contributed by atoms with Gasteiger partial charge >= 0.3 is 5.69 Å². The molecule has 0 saturated carbocycles. The highest BCUT2D eigenvalue weighted by atomic mass is 16.2. The number of likely N-dealkylation sites (tertiary alicyclic amines) is 1. The monoisotopic (exact) mass is 435 g/mol. The molecule has 3 fully saturated rings. The first-order valence-corrected chi connectivity index (χ1v) is 11.5. The van der Waals surface area contributed by atoms with Gasteiger partial charge in [0.05, 0.1) is 16.6 Å². The number of piperidine rings is 2. The minimum Gasteiger partial charge on any atom is -0.317 e. The van der Waals surface area contributed by atoms with E-state index in [4.69, 9.17) is 0 Å². The van der Waals surface area contributed by atoms with Crippen molar-refractivity contribution in [1.29, 1.82) is 0 Å². The van der Waals surface area contributed by atoms with Crippen molar-refractivity contribution >= 4 is 22.8 Å². The quantitative estimate of drug-likeness (QED) is 0.545. The zero-order valence-electron chi connectivity index (χ0n) is 18.4. The number of amides is 2. The summed E-state index contributed by atoms with van der Waals surface area (Å²) in [6, 6.07) is 4.96. The van der Waals surface area contributed by atoms with Crippen LogP contribution >= 0.6 is 0 Å². The van der Waals surface area contributed by atoms with E-state index < -0.39 is 11.9 Å². The molecule has 0 bridgehead atoms. The molecule has 32 heavy (non-hydrogen) atoms. The third-order valence-corrected chi connectivity index (χ3v) is 6.97. The molecule has 1 unspecified atom stereocenters. The number of carbonyl (C=O) groups is 2. The van der Waals surface area contributed by atoms with E-state index in [0.717, 1.165) is 43.2 Å². The van der Waals surface area contributed by atoms with E-state index in [9.17, 15) is 14.4 Å². The molecule has 2 aromatic rings.